The molecule has 1 aromatic carbocycles. The van der Waals surface area contributed by atoms with Gasteiger partial charge in [0.1, 0.15) is 0 Å². The Morgan fingerprint density at radius 2 is 1.70 bits per heavy atom. The average Bonchev–Trinajstić information content (AvgIpc) is 2.64. The molecule has 2 rings (SSSR count). The Kier molecular flexibility index (Phi) is 4.14. The molecule has 0 unspecified atom stereocenters. The van der Waals surface area contributed by atoms with Crippen LogP contribution in [-0.2, 0) is 9.63 Å². The van der Waals surface area contributed by atoms with Crippen LogP contribution >= 0.6 is 0 Å². The maximum absolute atomic E-state index is 11.9. The van der Waals surface area contributed by atoms with Crippen LogP contribution in [0.15, 0.2) is 24.3 Å². The van der Waals surface area contributed by atoms with E-state index in [2.05, 4.69) is 0 Å². The maximum atomic E-state index is 11.9. The van der Waals surface area contributed by atoms with Gasteiger partial charge in [0.05, 0.1) is 11.1 Å². The standard InChI is InChI=1S/C14H16N2O4/c1-15(2)9-5-8-12(17)20-16-13(18)10-6-3-4-7-11(10)14(16)19/h3-4,6-7H,5,8-9H2,1-2H3. The second-order valence-corrected chi connectivity index (χ2v) is 4.82. The molecule has 6 nitrogen and oxygen atoms in total. The van der Waals surface area contributed by atoms with Gasteiger partial charge in [0, 0.05) is 6.42 Å². The summed E-state index contributed by atoms with van der Waals surface area (Å²) in [6.07, 6.45) is 0.764. The van der Waals surface area contributed by atoms with Crippen LogP contribution in [0, 0.1) is 0 Å². The van der Waals surface area contributed by atoms with Gasteiger partial charge in [-0.15, -0.1) is 0 Å². The van der Waals surface area contributed by atoms with Crippen LogP contribution < -0.4 is 0 Å². The zero-order valence-electron chi connectivity index (χ0n) is 11.5. The average molecular weight is 276 g/mol. The van der Waals surface area contributed by atoms with Gasteiger partial charge in [-0.3, -0.25) is 9.59 Å². The van der Waals surface area contributed by atoms with Crippen molar-refractivity contribution >= 4 is 17.8 Å². The number of carbonyl (C=O) groups excluding carboxylic acids is 3. The quantitative estimate of drug-likeness (QED) is 0.753. The summed E-state index contributed by atoms with van der Waals surface area (Å²) in [5.41, 5.74) is 0.525. The number of carbonyl (C=O) groups is 3. The number of hydroxylamine groups is 2. The lowest BCUT2D eigenvalue weighted by molar-refractivity contribution is -0.168. The van der Waals surface area contributed by atoms with Crippen LogP contribution in [0.4, 0.5) is 0 Å². The fourth-order valence-corrected chi connectivity index (χ4v) is 1.94. The normalized spacial score (nSPS) is 13.8. The highest BCUT2D eigenvalue weighted by molar-refractivity contribution is 6.20. The van der Waals surface area contributed by atoms with E-state index in [1.165, 1.54) is 12.1 Å². The molecule has 0 saturated heterocycles. The van der Waals surface area contributed by atoms with Crippen LogP contribution in [-0.4, -0.2) is 48.4 Å². The minimum atomic E-state index is -0.591. The van der Waals surface area contributed by atoms with Crippen molar-refractivity contribution in [3.8, 4) is 0 Å². The SMILES string of the molecule is CN(C)CCCC(=O)ON1C(=O)c2ccccc2C1=O. The van der Waals surface area contributed by atoms with Crippen molar-refractivity contribution in [3.63, 3.8) is 0 Å². The van der Waals surface area contributed by atoms with Gasteiger partial charge in [-0.05, 0) is 39.2 Å². The first kappa shape index (κ1) is 14.2. The summed E-state index contributed by atoms with van der Waals surface area (Å²) in [6, 6.07) is 6.39. The van der Waals surface area contributed by atoms with Gasteiger partial charge in [-0.1, -0.05) is 17.2 Å². The number of amides is 2. The van der Waals surface area contributed by atoms with Crippen molar-refractivity contribution in [1.82, 2.24) is 9.96 Å². The van der Waals surface area contributed by atoms with Crippen LogP contribution in [0.2, 0.25) is 0 Å². The van der Waals surface area contributed by atoms with E-state index in [9.17, 15) is 14.4 Å². The van der Waals surface area contributed by atoms with Gasteiger partial charge in [0.25, 0.3) is 11.8 Å². The van der Waals surface area contributed by atoms with E-state index < -0.39 is 17.8 Å². The lowest BCUT2D eigenvalue weighted by atomic mass is 10.1. The highest BCUT2D eigenvalue weighted by atomic mass is 16.7. The third-order valence-corrected chi connectivity index (χ3v) is 2.94. The summed E-state index contributed by atoms with van der Waals surface area (Å²) in [5.74, 6) is -1.76. The molecule has 0 fully saturated rings. The van der Waals surface area contributed by atoms with Crippen LogP contribution in [0.3, 0.4) is 0 Å². The van der Waals surface area contributed by atoms with E-state index in [4.69, 9.17) is 4.84 Å². The number of hydrogen-bond acceptors (Lipinski definition) is 5. The lowest BCUT2D eigenvalue weighted by Crippen LogP contribution is -2.32. The molecule has 6 heteroatoms. The van der Waals surface area contributed by atoms with E-state index in [1.54, 1.807) is 12.1 Å². The third-order valence-electron chi connectivity index (χ3n) is 2.94. The zero-order valence-corrected chi connectivity index (χ0v) is 11.5. The predicted molar refractivity (Wildman–Crippen MR) is 70.8 cm³/mol. The van der Waals surface area contributed by atoms with Crippen molar-refractivity contribution in [1.29, 1.82) is 0 Å². The number of nitrogens with zero attached hydrogens (tertiary/aromatic N) is 2. The molecule has 1 aliphatic heterocycles. The number of rotatable bonds is 5. The van der Waals surface area contributed by atoms with Crippen molar-refractivity contribution in [2.75, 3.05) is 20.6 Å². The number of hydrogen-bond donors (Lipinski definition) is 0. The highest BCUT2D eigenvalue weighted by Gasteiger charge is 2.38. The zero-order chi connectivity index (χ0) is 14.7. The number of fused-ring (bicyclic) bond motifs is 1. The van der Waals surface area contributed by atoms with Crippen molar-refractivity contribution < 1.29 is 19.2 Å². The van der Waals surface area contributed by atoms with Gasteiger partial charge < -0.3 is 9.74 Å². The molecule has 0 bridgehead atoms. The van der Waals surface area contributed by atoms with Crippen molar-refractivity contribution in [2.24, 2.45) is 0 Å². The fraction of sp³-hybridized carbons (Fsp3) is 0.357. The van der Waals surface area contributed by atoms with Gasteiger partial charge in [0.15, 0.2) is 0 Å². The number of benzene rings is 1. The van der Waals surface area contributed by atoms with E-state index in [0.717, 1.165) is 6.54 Å². The summed E-state index contributed by atoms with van der Waals surface area (Å²) in [7, 11) is 3.80. The molecule has 0 radical (unpaired) electrons. The van der Waals surface area contributed by atoms with Crippen molar-refractivity contribution in [3.05, 3.63) is 35.4 Å². The molecule has 0 aliphatic carbocycles. The topological polar surface area (TPSA) is 66.9 Å². The van der Waals surface area contributed by atoms with Gasteiger partial charge in [0.2, 0.25) is 0 Å². The Bertz CT molecular complexity index is 519. The summed E-state index contributed by atoms with van der Waals surface area (Å²) < 4.78 is 0. The smallest absolute Gasteiger partial charge is 0.330 e. The molecule has 1 aliphatic rings. The molecule has 0 N–H and O–H groups in total. The molecule has 106 valence electrons. The monoisotopic (exact) mass is 276 g/mol. The predicted octanol–water partition coefficient (Wildman–Crippen LogP) is 1.08. The Morgan fingerprint density at radius 1 is 1.15 bits per heavy atom. The first-order valence-corrected chi connectivity index (χ1v) is 6.34. The molecule has 1 heterocycles. The fourth-order valence-electron chi connectivity index (χ4n) is 1.94. The summed E-state index contributed by atoms with van der Waals surface area (Å²) >= 11 is 0. The minimum absolute atomic E-state index is 0.158. The molecule has 0 saturated carbocycles. The van der Waals surface area contributed by atoms with Crippen molar-refractivity contribution in [2.45, 2.75) is 12.8 Å². The second-order valence-electron chi connectivity index (χ2n) is 4.82. The largest absolute Gasteiger partial charge is 0.333 e. The Labute approximate surface area is 116 Å². The van der Waals surface area contributed by atoms with Crippen LogP contribution in [0.1, 0.15) is 33.6 Å². The maximum Gasteiger partial charge on any atom is 0.333 e. The minimum Gasteiger partial charge on any atom is -0.330 e. The molecule has 0 spiro atoms. The second kappa shape index (κ2) is 5.83. The summed E-state index contributed by atoms with van der Waals surface area (Å²) in [6.45, 7) is 0.733. The van der Waals surface area contributed by atoms with E-state index in [1.807, 2.05) is 19.0 Å². The van der Waals surface area contributed by atoms with Gasteiger partial charge in [-0.25, -0.2) is 4.79 Å². The summed E-state index contributed by atoms with van der Waals surface area (Å²) in [5, 5.41) is 0.544. The van der Waals surface area contributed by atoms with Gasteiger partial charge >= 0.3 is 5.97 Å². The van der Waals surface area contributed by atoms with E-state index >= 15 is 0 Å². The highest BCUT2D eigenvalue weighted by Crippen LogP contribution is 2.22. The third kappa shape index (κ3) is 2.85. The molecular formula is C14H16N2O4. The van der Waals surface area contributed by atoms with Crippen LogP contribution in [0.5, 0.6) is 0 Å². The number of imide groups is 1. The summed E-state index contributed by atoms with van der Waals surface area (Å²) in [4.78, 5) is 42.3. The first-order valence-electron chi connectivity index (χ1n) is 6.34. The Morgan fingerprint density at radius 3 is 2.20 bits per heavy atom. The van der Waals surface area contributed by atoms with Crippen LogP contribution in [0.25, 0.3) is 0 Å². The molecule has 20 heavy (non-hydrogen) atoms. The molecule has 1 aromatic rings. The lowest BCUT2D eigenvalue weighted by Gasteiger charge is -2.13. The van der Waals surface area contributed by atoms with E-state index in [-0.39, 0.29) is 17.5 Å². The molecule has 0 aromatic heterocycles. The Hall–Kier alpha value is -2.21. The molecular weight excluding hydrogens is 260 g/mol. The molecule has 0 atom stereocenters. The van der Waals surface area contributed by atoms with Gasteiger partial charge in [-0.2, -0.15) is 0 Å². The molecule has 2 amide bonds. The first-order chi connectivity index (χ1) is 9.50. The Balaban J connectivity index is 1.97. The van der Waals surface area contributed by atoms with E-state index in [0.29, 0.717) is 11.5 Å².